The summed E-state index contributed by atoms with van der Waals surface area (Å²) in [4.78, 5) is 22.6. The molecule has 0 amide bonds. The molecule has 250 valence electrons. The average Bonchev–Trinajstić information content (AvgIpc) is 3.82. The van der Waals surface area contributed by atoms with Gasteiger partial charge in [0.2, 0.25) is 10.0 Å². The van der Waals surface area contributed by atoms with Crippen LogP contribution in [0.4, 0.5) is 15.9 Å². The van der Waals surface area contributed by atoms with E-state index in [2.05, 4.69) is 30.5 Å². The minimum Gasteiger partial charge on any atom is -0.337 e. The second-order valence-electron chi connectivity index (χ2n) is 12.8. The molecule has 0 spiro atoms. The van der Waals surface area contributed by atoms with E-state index in [-0.39, 0.29) is 22.0 Å². The lowest BCUT2D eigenvalue weighted by Crippen LogP contribution is -2.48. The van der Waals surface area contributed by atoms with E-state index < -0.39 is 15.8 Å². The predicted molar refractivity (Wildman–Crippen MR) is 179 cm³/mol. The number of piperazine rings is 2. The third kappa shape index (κ3) is 6.97. The number of halogens is 1. The van der Waals surface area contributed by atoms with E-state index in [0.717, 1.165) is 82.1 Å². The number of hydrogen-bond acceptors (Lipinski definition) is 9. The fraction of sp³-hybridized carbons (Fsp3) is 0.485. The highest BCUT2D eigenvalue weighted by Gasteiger charge is 2.29. The molecule has 1 aromatic carbocycles. The molecule has 7 rings (SSSR count). The number of pyridine rings is 1. The van der Waals surface area contributed by atoms with Crippen LogP contribution in [0, 0.1) is 12.7 Å². The molecular formula is C33H42FN9O3S. The zero-order valence-corrected chi connectivity index (χ0v) is 27.6. The van der Waals surface area contributed by atoms with Crippen molar-refractivity contribution in [1.29, 1.82) is 0 Å². The lowest BCUT2D eigenvalue weighted by atomic mass is 10.1. The van der Waals surface area contributed by atoms with Gasteiger partial charge in [0.05, 0.1) is 28.4 Å². The van der Waals surface area contributed by atoms with Crippen molar-refractivity contribution in [2.45, 2.75) is 43.5 Å². The van der Waals surface area contributed by atoms with Crippen molar-refractivity contribution in [2.75, 3.05) is 70.8 Å². The quantitative estimate of drug-likeness (QED) is 0.234. The number of aromatic nitrogens is 4. The molecule has 2 N–H and O–H groups in total. The van der Waals surface area contributed by atoms with Crippen molar-refractivity contribution in [3.8, 4) is 11.1 Å². The molecule has 1 saturated carbocycles. The van der Waals surface area contributed by atoms with Crippen LogP contribution in [0.1, 0.15) is 37.3 Å². The lowest BCUT2D eigenvalue weighted by molar-refractivity contribution is 0.179. The number of hydrogen-bond donors (Lipinski definition) is 2. The summed E-state index contributed by atoms with van der Waals surface area (Å²) in [5.41, 5.74) is 2.23. The summed E-state index contributed by atoms with van der Waals surface area (Å²) >= 11 is 0. The van der Waals surface area contributed by atoms with Crippen LogP contribution in [0.3, 0.4) is 0 Å². The summed E-state index contributed by atoms with van der Waals surface area (Å²) in [5, 5.41) is 10.7. The fourth-order valence-electron chi connectivity index (χ4n) is 6.38. The summed E-state index contributed by atoms with van der Waals surface area (Å²) in [7, 11) is -3.86. The largest absolute Gasteiger partial charge is 0.337 e. The third-order valence-electron chi connectivity index (χ3n) is 9.47. The standard InChI is InChI=1S/C33H42FN9O3S/c1-24-32(38-31-9-4-25(22-42(31)33(24)44)26-21-36-43(23-26)27-5-6-27)37-30-8-7-28(20-29(30)34)47(45,46)41-18-16-40(17-19-41)13-3-2-12-39-14-10-35-11-15-39/h4,7-9,20-23,27,35,37H,2-3,5-6,10-19H2,1H3. The Hall–Kier alpha value is -3.69. The summed E-state index contributed by atoms with van der Waals surface area (Å²) in [6.45, 7) is 10.1. The van der Waals surface area contributed by atoms with E-state index in [1.807, 2.05) is 16.9 Å². The van der Waals surface area contributed by atoms with Gasteiger partial charge in [-0.3, -0.25) is 13.9 Å². The Kier molecular flexibility index (Phi) is 9.11. The molecule has 0 bridgehead atoms. The van der Waals surface area contributed by atoms with Gasteiger partial charge >= 0.3 is 0 Å². The van der Waals surface area contributed by atoms with Gasteiger partial charge in [0.1, 0.15) is 17.3 Å². The monoisotopic (exact) mass is 663 g/mol. The van der Waals surface area contributed by atoms with E-state index in [0.29, 0.717) is 43.4 Å². The van der Waals surface area contributed by atoms with E-state index in [1.54, 1.807) is 25.4 Å². The number of sulfonamides is 1. The van der Waals surface area contributed by atoms with Crippen molar-refractivity contribution in [3.05, 3.63) is 70.7 Å². The smallest absolute Gasteiger partial charge is 0.262 e. The first-order valence-corrected chi connectivity index (χ1v) is 18.0. The van der Waals surface area contributed by atoms with Crippen molar-refractivity contribution in [1.82, 2.24) is 38.6 Å². The third-order valence-corrected chi connectivity index (χ3v) is 11.4. The minimum absolute atomic E-state index is 0.0399. The first-order valence-electron chi connectivity index (χ1n) is 16.6. The molecule has 2 saturated heterocycles. The maximum atomic E-state index is 15.4. The molecule has 0 atom stereocenters. The highest BCUT2D eigenvalue weighted by molar-refractivity contribution is 7.89. The van der Waals surface area contributed by atoms with Crippen LogP contribution >= 0.6 is 0 Å². The number of anilines is 2. The first-order chi connectivity index (χ1) is 22.8. The Balaban J connectivity index is 0.980. The molecule has 1 aliphatic carbocycles. The highest BCUT2D eigenvalue weighted by atomic mass is 32.2. The van der Waals surface area contributed by atoms with Crippen molar-refractivity contribution in [3.63, 3.8) is 0 Å². The first kappa shape index (κ1) is 31.9. The van der Waals surface area contributed by atoms with Crippen LogP contribution in [0.25, 0.3) is 16.8 Å². The molecule has 5 heterocycles. The van der Waals surface area contributed by atoms with Gasteiger partial charge in [0.15, 0.2) is 0 Å². The number of nitrogens with zero attached hydrogens (tertiary/aromatic N) is 7. The van der Waals surface area contributed by atoms with E-state index >= 15 is 4.39 Å². The molecule has 14 heteroatoms. The molecule has 3 aromatic heterocycles. The van der Waals surface area contributed by atoms with E-state index in [9.17, 15) is 13.2 Å². The number of benzene rings is 1. The topological polar surface area (TPSA) is 120 Å². The van der Waals surface area contributed by atoms with Gasteiger partial charge < -0.3 is 20.4 Å². The van der Waals surface area contributed by atoms with Crippen molar-refractivity contribution in [2.24, 2.45) is 0 Å². The molecule has 3 aliphatic rings. The molecule has 0 radical (unpaired) electrons. The second kappa shape index (κ2) is 13.4. The Morgan fingerprint density at radius 3 is 2.36 bits per heavy atom. The van der Waals surface area contributed by atoms with Crippen LogP contribution in [0.5, 0.6) is 0 Å². The predicted octanol–water partition coefficient (Wildman–Crippen LogP) is 3.08. The van der Waals surface area contributed by atoms with Crippen LogP contribution in [-0.2, 0) is 10.0 Å². The van der Waals surface area contributed by atoms with Gasteiger partial charge in [-0.05, 0) is 76.0 Å². The maximum absolute atomic E-state index is 15.4. The molecule has 0 unspecified atom stereocenters. The second-order valence-corrected chi connectivity index (χ2v) is 14.7. The summed E-state index contributed by atoms with van der Waals surface area (Å²) in [5.74, 6) is -0.526. The molecule has 4 aromatic rings. The lowest BCUT2D eigenvalue weighted by Gasteiger charge is -2.34. The average molecular weight is 664 g/mol. The number of unbranched alkanes of at least 4 members (excludes halogenated alkanes) is 1. The van der Waals surface area contributed by atoms with Crippen LogP contribution in [-0.4, -0.2) is 107 Å². The maximum Gasteiger partial charge on any atom is 0.262 e. The van der Waals surface area contributed by atoms with Crippen molar-refractivity contribution >= 4 is 27.2 Å². The number of nitrogens with one attached hydrogen (secondary N) is 2. The van der Waals surface area contributed by atoms with Gasteiger partial charge in [-0.25, -0.2) is 17.8 Å². The normalized spacial score (nSPS) is 18.6. The number of fused-ring (bicyclic) bond motifs is 1. The Labute approximate surface area is 274 Å². The Morgan fingerprint density at radius 1 is 0.936 bits per heavy atom. The zero-order valence-electron chi connectivity index (χ0n) is 26.7. The van der Waals surface area contributed by atoms with E-state index in [1.165, 1.54) is 20.8 Å². The molecule has 2 aliphatic heterocycles. The SMILES string of the molecule is Cc1c(Nc2ccc(S(=O)(=O)N3CCN(CCCCN4CCNCC4)CC3)cc2F)nc2ccc(-c3cnn(C4CC4)c3)cn2c1=O. The summed E-state index contributed by atoms with van der Waals surface area (Å²) < 4.78 is 47.1. The molecule has 47 heavy (non-hydrogen) atoms. The molecular weight excluding hydrogens is 621 g/mol. The van der Waals surface area contributed by atoms with Crippen LogP contribution in [0.2, 0.25) is 0 Å². The van der Waals surface area contributed by atoms with Gasteiger partial charge in [0, 0.05) is 75.9 Å². The zero-order chi connectivity index (χ0) is 32.5. The van der Waals surface area contributed by atoms with Crippen LogP contribution < -0.4 is 16.2 Å². The Bertz CT molecular complexity index is 1910. The van der Waals surface area contributed by atoms with Gasteiger partial charge in [-0.1, -0.05) is 0 Å². The van der Waals surface area contributed by atoms with Gasteiger partial charge in [0.25, 0.3) is 5.56 Å². The summed E-state index contributed by atoms with van der Waals surface area (Å²) in [6.07, 6.45) is 10.0. The molecule has 12 nitrogen and oxygen atoms in total. The number of rotatable bonds is 11. The van der Waals surface area contributed by atoms with Gasteiger partial charge in [-0.2, -0.15) is 9.40 Å². The minimum atomic E-state index is -3.86. The van der Waals surface area contributed by atoms with Crippen LogP contribution in [0.15, 0.2) is 58.6 Å². The van der Waals surface area contributed by atoms with Crippen molar-refractivity contribution < 1.29 is 12.8 Å². The Morgan fingerprint density at radius 2 is 1.66 bits per heavy atom. The van der Waals surface area contributed by atoms with Gasteiger partial charge in [-0.15, -0.1) is 0 Å². The highest BCUT2D eigenvalue weighted by Crippen LogP contribution is 2.35. The van der Waals surface area contributed by atoms with E-state index in [4.69, 9.17) is 0 Å². The fourth-order valence-corrected chi connectivity index (χ4v) is 7.81. The molecule has 3 fully saturated rings. The summed E-state index contributed by atoms with van der Waals surface area (Å²) in [6, 6.07) is 7.92.